The third-order valence-corrected chi connectivity index (χ3v) is 5.67. The predicted octanol–water partition coefficient (Wildman–Crippen LogP) is 0.969. The molecule has 128 valence electrons. The van der Waals surface area contributed by atoms with Crippen LogP contribution in [0, 0.1) is 11.8 Å². The van der Waals surface area contributed by atoms with Gasteiger partial charge in [0.25, 0.3) is 5.91 Å². The van der Waals surface area contributed by atoms with Crippen LogP contribution in [0.2, 0.25) is 0 Å². The fourth-order valence-electron chi connectivity index (χ4n) is 4.54. The van der Waals surface area contributed by atoms with E-state index in [2.05, 4.69) is 14.9 Å². The quantitative estimate of drug-likeness (QED) is 0.823. The van der Waals surface area contributed by atoms with Crippen LogP contribution in [0.4, 0.5) is 5.95 Å². The number of hydrogen-bond acceptors (Lipinski definition) is 6. The summed E-state index contributed by atoms with van der Waals surface area (Å²) in [4.78, 5) is 30.7. The summed E-state index contributed by atoms with van der Waals surface area (Å²) < 4.78 is 5.14. The molecule has 3 heterocycles. The van der Waals surface area contributed by atoms with Gasteiger partial charge in [-0.05, 0) is 31.7 Å². The van der Waals surface area contributed by atoms with Crippen LogP contribution in [0.3, 0.4) is 0 Å². The number of aromatic nitrogens is 2. The summed E-state index contributed by atoms with van der Waals surface area (Å²) in [5, 5.41) is 0. The molecular weight excluding hydrogens is 306 g/mol. The van der Waals surface area contributed by atoms with Crippen LogP contribution in [-0.2, 0) is 9.53 Å². The smallest absolute Gasteiger partial charge is 0.256 e. The number of carbonyl (C=O) groups is 1. The van der Waals surface area contributed by atoms with Crippen LogP contribution in [0.5, 0.6) is 0 Å². The number of ether oxygens (including phenoxy) is 1. The number of aliphatic imine (C=N–C) groups is 1. The molecule has 1 saturated heterocycles. The van der Waals surface area contributed by atoms with Gasteiger partial charge < -0.3 is 9.64 Å². The van der Waals surface area contributed by atoms with Crippen LogP contribution >= 0.6 is 0 Å². The number of carbonyl (C=O) groups excluding carboxylic acids is 1. The molecule has 1 amide bonds. The van der Waals surface area contributed by atoms with Crippen LogP contribution in [0.1, 0.15) is 19.8 Å². The van der Waals surface area contributed by atoms with Crippen molar-refractivity contribution >= 4 is 17.7 Å². The van der Waals surface area contributed by atoms with Crippen LogP contribution in [-0.4, -0.2) is 65.5 Å². The van der Waals surface area contributed by atoms with Crippen molar-refractivity contribution in [3.63, 3.8) is 0 Å². The van der Waals surface area contributed by atoms with E-state index in [1.54, 1.807) is 24.4 Å². The van der Waals surface area contributed by atoms with E-state index in [-0.39, 0.29) is 11.8 Å². The summed E-state index contributed by atoms with van der Waals surface area (Å²) in [7, 11) is 1.66. The Morgan fingerprint density at radius 2 is 2.12 bits per heavy atom. The van der Waals surface area contributed by atoms with E-state index < -0.39 is 5.54 Å². The van der Waals surface area contributed by atoms with Crippen molar-refractivity contribution in [2.75, 3.05) is 38.3 Å². The number of amides is 1. The summed E-state index contributed by atoms with van der Waals surface area (Å²) in [6.45, 7) is 4.76. The van der Waals surface area contributed by atoms with Gasteiger partial charge in [0.2, 0.25) is 5.95 Å². The van der Waals surface area contributed by atoms with Gasteiger partial charge in [0.1, 0.15) is 11.4 Å². The lowest BCUT2D eigenvalue weighted by Gasteiger charge is -2.28. The predicted molar refractivity (Wildman–Crippen MR) is 89.9 cm³/mol. The molecule has 1 saturated carbocycles. The summed E-state index contributed by atoms with van der Waals surface area (Å²) >= 11 is 0. The molecule has 1 aliphatic carbocycles. The molecule has 7 nitrogen and oxygen atoms in total. The van der Waals surface area contributed by atoms with Gasteiger partial charge in [0.15, 0.2) is 0 Å². The largest absolute Gasteiger partial charge is 0.383 e. The molecule has 3 aliphatic rings. The van der Waals surface area contributed by atoms with E-state index in [9.17, 15) is 4.79 Å². The van der Waals surface area contributed by atoms with Gasteiger partial charge in [-0.3, -0.25) is 14.7 Å². The Balaban J connectivity index is 1.57. The molecule has 0 aromatic carbocycles. The molecule has 2 aliphatic heterocycles. The fourth-order valence-corrected chi connectivity index (χ4v) is 4.54. The average Bonchev–Trinajstić information content (AvgIpc) is 3.23. The average molecular weight is 329 g/mol. The first-order chi connectivity index (χ1) is 11.7. The Kier molecular flexibility index (Phi) is 3.75. The Morgan fingerprint density at radius 3 is 2.88 bits per heavy atom. The number of anilines is 1. The minimum absolute atomic E-state index is 0.153. The molecule has 24 heavy (non-hydrogen) atoms. The van der Waals surface area contributed by atoms with Gasteiger partial charge in [-0.25, -0.2) is 9.97 Å². The molecule has 4 rings (SSSR count). The molecule has 1 aromatic rings. The van der Waals surface area contributed by atoms with E-state index in [0.717, 1.165) is 37.7 Å². The molecular formula is C17H23N5O2. The summed E-state index contributed by atoms with van der Waals surface area (Å²) in [5.74, 6) is 2.46. The zero-order valence-electron chi connectivity index (χ0n) is 14.2. The zero-order valence-corrected chi connectivity index (χ0v) is 14.2. The van der Waals surface area contributed by atoms with E-state index >= 15 is 0 Å². The minimum atomic E-state index is -0.577. The number of rotatable bonds is 4. The summed E-state index contributed by atoms with van der Waals surface area (Å²) in [5.41, 5.74) is -0.577. The first-order valence-electron chi connectivity index (χ1n) is 8.55. The van der Waals surface area contributed by atoms with E-state index in [0.29, 0.717) is 19.1 Å². The fraction of sp³-hybridized carbons (Fsp3) is 0.647. The van der Waals surface area contributed by atoms with Crippen molar-refractivity contribution in [1.29, 1.82) is 0 Å². The van der Waals surface area contributed by atoms with Crippen molar-refractivity contribution in [3.05, 3.63) is 18.5 Å². The Morgan fingerprint density at radius 1 is 1.33 bits per heavy atom. The third kappa shape index (κ3) is 2.22. The van der Waals surface area contributed by atoms with Gasteiger partial charge in [0.05, 0.1) is 13.2 Å². The van der Waals surface area contributed by atoms with Crippen molar-refractivity contribution in [3.8, 4) is 0 Å². The second-order valence-electron chi connectivity index (χ2n) is 6.89. The second kappa shape index (κ2) is 5.81. The Bertz CT molecular complexity index is 664. The number of fused-ring (bicyclic) bond motifs is 2. The lowest BCUT2D eigenvalue weighted by Crippen LogP contribution is -2.47. The van der Waals surface area contributed by atoms with Gasteiger partial charge in [-0.15, -0.1) is 0 Å². The van der Waals surface area contributed by atoms with Crippen LogP contribution < -0.4 is 4.90 Å². The highest BCUT2D eigenvalue weighted by atomic mass is 16.5. The maximum absolute atomic E-state index is 13.1. The lowest BCUT2D eigenvalue weighted by atomic mass is 9.85. The first-order valence-corrected chi connectivity index (χ1v) is 8.55. The SMILES string of the molecule is COCCN1C(=O)[C@]2(CC[C@@H]3CN(c4ncccn4)C[C@@H]32)N=C1C. The molecule has 0 unspecified atom stereocenters. The highest BCUT2D eigenvalue weighted by Gasteiger charge is 2.60. The van der Waals surface area contributed by atoms with Gasteiger partial charge in [-0.2, -0.15) is 0 Å². The highest BCUT2D eigenvalue weighted by molar-refractivity contribution is 6.07. The second-order valence-corrected chi connectivity index (χ2v) is 6.89. The maximum Gasteiger partial charge on any atom is 0.256 e. The highest BCUT2D eigenvalue weighted by Crippen LogP contribution is 2.50. The van der Waals surface area contributed by atoms with Crippen molar-refractivity contribution in [2.24, 2.45) is 16.8 Å². The normalized spacial score (nSPS) is 31.9. The lowest BCUT2D eigenvalue weighted by molar-refractivity contribution is -0.132. The van der Waals surface area contributed by atoms with Crippen LogP contribution in [0.25, 0.3) is 0 Å². The van der Waals surface area contributed by atoms with Crippen molar-refractivity contribution in [1.82, 2.24) is 14.9 Å². The molecule has 1 aromatic heterocycles. The molecule has 1 spiro atoms. The minimum Gasteiger partial charge on any atom is -0.383 e. The number of methoxy groups -OCH3 is 1. The number of nitrogens with zero attached hydrogens (tertiary/aromatic N) is 5. The van der Waals surface area contributed by atoms with Gasteiger partial charge in [0, 0.05) is 38.5 Å². The molecule has 0 bridgehead atoms. The molecule has 2 fully saturated rings. The Hall–Kier alpha value is -2.02. The number of hydrogen-bond donors (Lipinski definition) is 0. The molecule has 0 radical (unpaired) electrons. The Labute approximate surface area is 141 Å². The third-order valence-electron chi connectivity index (χ3n) is 5.67. The summed E-state index contributed by atoms with van der Waals surface area (Å²) in [6, 6.07) is 1.82. The molecule has 3 atom stereocenters. The zero-order chi connectivity index (χ0) is 16.7. The summed E-state index contributed by atoms with van der Waals surface area (Å²) in [6.07, 6.45) is 5.42. The standard InChI is InChI=1S/C17H23N5O2/c1-12-20-17(15(23)22(12)8-9-24-2)5-4-13-10-21(11-14(13)17)16-18-6-3-7-19-16/h3,6-7,13-14H,4-5,8-11H2,1-2H3/t13-,14+,17-/m1/s1. The van der Waals surface area contributed by atoms with E-state index in [1.165, 1.54) is 0 Å². The topological polar surface area (TPSA) is 70.9 Å². The maximum atomic E-state index is 13.1. The van der Waals surface area contributed by atoms with Gasteiger partial charge in [-0.1, -0.05) is 0 Å². The van der Waals surface area contributed by atoms with Crippen molar-refractivity contribution < 1.29 is 9.53 Å². The monoisotopic (exact) mass is 329 g/mol. The van der Waals surface area contributed by atoms with Crippen LogP contribution in [0.15, 0.2) is 23.5 Å². The van der Waals surface area contributed by atoms with Gasteiger partial charge >= 0.3 is 0 Å². The van der Waals surface area contributed by atoms with E-state index in [1.807, 2.05) is 13.0 Å². The molecule has 0 N–H and O–H groups in total. The first kappa shape index (κ1) is 15.5. The van der Waals surface area contributed by atoms with Crippen molar-refractivity contribution in [2.45, 2.75) is 25.3 Å². The number of amidine groups is 1. The van der Waals surface area contributed by atoms with E-state index in [4.69, 9.17) is 9.73 Å². The molecule has 7 heteroatoms.